The monoisotopic (exact) mass is 313 g/mol. The first-order chi connectivity index (χ1) is 10.6. The molecule has 3 aromatic rings. The number of rotatable bonds is 4. The van der Waals surface area contributed by atoms with E-state index >= 15 is 0 Å². The highest BCUT2D eigenvalue weighted by molar-refractivity contribution is 7.18. The fourth-order valence-electron chi connectivity index (χ4n) is 2.18. The maximum Gasteiger partial charge on any atom is 0.335 e. The standard InChI is InChI=1S/C16H15N3O2S/c1-3-12-8-13-14(17-9(2)18-15(13)22-12)19-11-6-4-10(5-7-11)16(20)21/h4-8H,3H2,1-2H3,(H,20,21)(H,17,18,19). The zero-order valence-corrected chi connectivity index (χ0v) is 13.1. The topological polar surface area (TPSA) is 75.1 Å². The molecule has 2 aromatic heterocycles. The number of aromatic nitrogens is 2. The van der Waals surface area contributed by atoms with E-state index in [-0.39, 0.29) is 5.56 Å². The Morgan fingerprint density at radius 3 is 2.64 bits per heavy atom. The maximum atomic E-state index is 10.9. The van der Waals surface area contributed by atoms with Crippen molar-refractivity contribution in [1.82, 2.24) is 9.97 Å². The number of nitrogens with one attached hydrogen (secondary N) is 1. The van der Waals surface area contributed by atoms with Gasteiger partial charge < -0.3 is 10.4 Å². The Bertz CT molecular complexity index is 840. The second-order valence-corrected chi connectivity index (χ2v) is 6.03. The SMILES string of the molecule is CCc1cc2c(Nc3ccc(C(=O)O)cc3)nc(C)nc2s1. The van der Waals surface area contributed by atoms with Crippen molar-refractivity contribution < 1.29 is 9.90 Å². The number of aromatic carboxylic acids is 1. The van der Waals surface area contributed by atoms with Gasteiger partial charge in [0.2, 0.25) is 0 Å². The van der Waals surface area contributed by atoms with Crippen LogP contribution in [0.5, 0.6) is 0 Å². The molecule has 0 atom stereocenters. The molecule has 0 fully saturated rings. The Morgan fingerprint density at radius 1 is 1.27 bits per heavy atom. The average molecular weight is 313 g/mol. The summed E-state index contributed by atoms with van der Waals surface area (Å²) in [5, 5.41) is 13.2. The van der Waals surface area contributed by atoms with E-state index in [4.69, 9.17) is 5.11 Å². The molecule has 0 amide bonds. The minimum Gasteiger partial charge on any atom is -0.478 e. The molecular formula is C16H15N3O2S. The second kappa shape index (κ2) is 5.73. The number of carboxylic acid groups (broad SMARTS) is 1. The lowest BCUT2D eigenvalue weighted by atomic mass is 10.2. The number of fused-ring (bicyclic) bond motifs is 1. The summed E-state index contributed by atoms with van der Waals surface area (Å²) in [5.41, 5.74) is 1.06. The Balaban J connectivity index is 1.98. The fraction of sp³-hybridized carbons (Fsp3) is 0.188. The van der Waals surface area contributed by atoms with Crippen LogP contribution >= 0.6 is 11.3 Å². The van der Waals surface area contributed by atoms with E-state index in [0.717, 1.165) is 28.1 Å². The van der Waals surface area contributed by atoms with E-state index in [1.807, 2.05) is 6.92 Å². The van der Waals surface area contributed by atoms with Crippen LogP contribution in [-0.4, -0.2) is 21.0 Å². The highest BCUT2D eigenvalue weighted by Gasteiger charge is 2.10. The molecule has 2 N–H and O–H groups in total. The van der Waals surface area contributed by atoms with E-state index in [9.17, 15) is 4.79 Å². The average Bonchev–Trinajstić information content (AvgIpc) is 2.91. The Hall–Kier alpha value is -2.47. The van der Waals surface area contributed by atoms with Gasteiger partial charge in [0.15, 0.2) is 0 Å². The molecule has 22 heavy (non-hydrogen) atoms. The second-order valence-electron chi connectivity index (χ2n) is 4.91. The number of hydrogen-bond donors (Lipinski definition) is 2. The summed E-state index contributed by atoms with van der Waals surface area (Å²) in [4.78, 5) is 22.1. The smallest absolute Gasteiger partial charge is 0.335 e. The molecule has 112 valence electrons. The third-order valence-corrected chi connectivity index (χ3v) is 4.47. The normalized spacial score (nSPS) is 10.8. The van der Waals surface area contributed by atoms with Crippen molar-refractivity contribution in [2.45, 2.75) is 20.3 Å². The first kappa shape index (κ1) is 14.5. The van der Waals surface area contributed by atoms with Crippen LogP contribution in [0.2, 0.25) is 0 Å². The van der Waals surface area contributed by atoms with Crippen molar-refractivity contribution in [3.63, 3.8) is 0 Å². The number of nitrogens with zero attached hydrogens (tertiary/aromatic N) is 2. The molecule has 0 aliphatic rings. The summed E-state index contributed by atoms with van der Waals surface area (Å²) in [5.74, 6) is 0.528. The number of benzene rings is 1. The van der Waals surface area contributed by atoms with Crippen molar-refractivity contribution in [2.24, 2.45) is 0 Å². The molecule has 0 saturated carbocycles. The highest BCUT2D eigenvalue weighted by Crippen LogP contribution is 2.30. The third-order valence-electron chi connectivity index (χ3n) is 3.30. The van der Waals surface area contributed by atoms with Gasteiger partial charge >= 0.3 is 5.97 Å². The summed E-state index contributed by atoms with van der Waals surface area (Å²) < 4.78 is 0. The number of hydrogen-bond acceptors (Lipinski definition) is 5. The van der Waals surface area contributed by atoms with Gasteiger partial charge in [0.1, 0.15) is 16.5 Å². The highest BCUT2D eigenvalue weighted by atomic mass is 32.1. The quantitative estimate of drug-likeness (QED) is 0.761. The third kappa shape index (κ3) is 2.78. The number of carbonyl (C=O) groups is 1. The predicted molar refractivity (Wildman–Crippen MR) is 88.2 cm³/mol. The zero-order chi connectivity index (χ0) is 15.7. The number of carboxylic acids is 1. The van der Waals surface area contributed by atoms with Gasteiger partial charge in [-0.3, -0.25) is 0 Å². The molecular weight excluding hydrogens is 298 g/mol. The van der Waals surface area contributed by atoms with Crippen LogP contribution in [-0.2, 0) is 6.42 Å². The van der Waals surface area contributed by atoms with E-state index in [1.54, 1.807) is 35.6 Å². The van der Waals surface area contributed by atoms with Crippen LogP contribution in [0.15, 0.2) is 30.3 Å². The molecule has 5 nitrogen and oxygen atoms in total. The molecule has 0 radical (unpaired) electrons. The van der Waals surface area contributed by atoms with E-state index < -0.39 is 5.97 Å². The predicted octanol–water partition coefficient (Wildman–Crippen LogP) is 4.00. The molecule has 2 heterocycles. The van der Waals surface area contributed by atoms with Gasteiger partial charge in [0, 0.05) is 10.6 Å². The molecule has 0 spiro atoms. The number of thiophene rings is 1. The fourth-order valence-corrected chi connectivity index (χ4v) is 3.19. The molecule has 0 bridgehead atoms. The van der Waals surface area contributed by atoms with Crippen LogP contribution in [0.4, 0.5) is 11.5 Å². The van der Waals surface area contributed by atoms with Gasteiger partial charge in [-0.25, -0.2) is 14.8 Å². The first-order valence-electron chi connectivity index (χ1n) is 6.94. The van der Waals surface area contributed by atoms with Gasteiger partial charge in [-0.2, -0.15) is 0 Å². The number of aryl methyl sites for hydroxylation is 2. The van der Waals surface area contributed by atoms with Crippen molar-refractivity contribution in [3.05, 3.63) is 46.6 Å². The van der Waals surface area contributed by atoms with Crippen LogP contribution in [0.1, 0.15) is 28.0 Å². The Labute approximate surface area is 131 Å². The first-order valence-corrected chi connectivity index (χ1v) is 7.76. The minimum atomic E-state index is -0.933. The van der Waals surface area contributed by atoms with Gasteiger partial charge in [-0.05, 0) is 43.7 Å². The summed E-state index contributed by atoms with van der Waals surface area (Å²) in [7, 11) is 0. The number of anilines is 2. The minimum absolute atomic E-state index is 0.262. The summed E-state index contributed by atoms with van der Waals surface area (Å²) in [6.07, 6.45) is 0.965. The van der Waals surface area contributed by atoms with Gasteiger partial charge in [-0.1, -0.05) is 6.92 Å². The molecule has 6 heteroatoms. The van der Waals surface area contributed by atoms with E-state index in [0.29, 0.717) is 5.82 Å². The van der Waals surface area contributed by atoms with Crippen molar-refractivity contribution in [2.75, 3.05) is 5.32 Å². The van der Waals surface area contributed by atoms with Gasteiger partial charge in [0.05, 0.1) is 10.9 Å². The molecule has 0 aliphatic heterocycles. The van der Waals surface area contributed by atoms with Gasteiger partial charge in [-0.15, -0.1) is 11.3 Å². The zero-order valence-electron chi connectivity index (χ0n) is 12.3. The summed E-state index contributed by atoms with van der Waals surface area (Å²) in [6.45, 7) is 3.98. The maximum absolute atomic E-state index is 10.9. The van der Waals surface area contributed by atoms with Crippen LogP contribution in [0.25, 0.3) is 10.2 Å². The van der Waals surface area contributed by atoms with Crippen molar-refractivity contribution >= 4 is 39.0 Å². The van der Waals surface area contributed by atoms with E-state index in [1.165, 1.54) is 4.88 Å². The molecule has 0 unspecified atom stereocenters. The van der Waals surface area contributed by atoms with Crippen molar-refractivity contribution in [1.29, 1.82) is 0 Å². The van der Waals surface area contributed by atoms with Crippen molar-refractivity contribution in [3.8, 4) is 0 Å². The molecule has 3 rings (SSSR count). The van der Waals surface area contributed by atoms with Crippen LogP contribution in [0, 0.1) is 6.92 Å². The lowest BCUT2D eigenvalue weighted by Gasteiger charge is -2.07. The Morgan fingerprint density at radius 2 is 2.00 bits per heavy atom. The van der Waals surface area contributed by atoms with Gasteiger partial charge in [0.25, 0.3) is 0 Å². The summed E-state index contributed by atoms with van der Waals surface area (Å²) >= 11 is 1.67. The lowest BCUT2D eigenvalue weighted by molar-refractivity contribution is 0.0697. The van der Waals surface area contributed by atoms with Crippen LogP contribution < -0.4 is 5.32 Å². The lowest BCUT2D eigenvalue weighted by Crippen LogP contribution is -1.99. The molecule has 1 aromatic carbocycles. The Kier molecular flexibility index (Phi) is 3.77. The molecule has 0 saturated heterocycles. The summed E-state index contributed by atoms with van der Waals surface area (Å²) in [6, 6.07) is 8.72. The van der Waals surface area contributed by atoms with E-state index in [2.05, 4.69) is 28.3 Å². The largest absolute Gasteiger partial charge is 0.478 e. The van der Waals surface area contributed by atoms with Crippen LogP contribution in [0.3, 0.4) is 0 Å². The molecule has 0 aliphatic carbocycles.